The van der Waals surface area contributed by atoms with Crippen LogP contribution in [0.4, 0.5) is 15.8 Å². The van der Waals surface area contributed by atoms with Crippen LogP contribution in [0.25, 0.3) is 0 Å². The molecule has 0 unspecified atom stereocenters. The minimum atomic E-state index is -0.219. The van der Waals surface area contributed by atoms with E-state index in [0.717, 1.165) is 37.5 Å². The van der Waals surface area contributed by atoms with Crippen molar-refractivity contribution < 1.29 is 9.18 Å². The molecule has 0 aliphatic carbocycles. The van der Waals surface area contributed by atoms with Crippen LogP contribution in [-0.2, 0) is 4.79 Å². The zero-order valence-electron chi connectivity index (χ0n) is 15.3. The van der Waals surface area contributed by atoms with Crippen molar-refractivity contribution >= 4 is 29.0 Å². The molecule has 6 heteroatoms. The number of benzene rings is 2. The van der Waals surface area contributed by atoms with E-state index in [1.165, 1.54) is 22.7 Å². The monoisotopic (exact) mass is 385 g/mol. The molecule has 0 atom stereocenters. The van der Waals surface area contributed by atoms with E-state index in [4.69, 9.17) is 0 Å². The maximum atomic E-state index is 13.1. The highest BCUT2D eigenvalue weighted by atomic mass is 32.2. The Hall–Kier alpha value is -2.21. The van der Waals surface area contributed by atoms with Gasteiger partial charge in [0.15, 0.2) is 0 Å². The largest absolute Gasteiger partial charge is 0.368 e. The fourth-order valence-corrected chi connectivity index (χ4v) is 4.71. The number of rotatable bonds is 3. The predicted octanol–water partition coefficient (Wildman–Crippen LogP) is 3.48. The molecule has 27 heavy (non-hydrogen) atoms. The summed E-state index contributed by atoms with van der Waals surface area (Å²) in [6.45, 7) is 4.34. The van der Waals surface area contributed by atoms with Gasteiger partial charge in [0.1, 0.15) is 5.82 Å². The molecule has 0 aromatic heterocycles. The Bertz CT molecular complexity index is 790. The second kappa shape index (κ2) is 8.21. The van der Waals surface area contributed by atoms with Crippen molar-refractivity contribution in [1.29, 1.82) is 0 Å². The summed E-state index contributed by atoms with van der Waals surface area (Å²) in [4.78, 5) is 20.5. The molecular formula is C21H24FN3OS. The number of hydrogen-bond donors (Lipinski definition) is 0. The SMILES string of the molecule is O=C(CN1CCCSc2ccccc21)N1CCN(c2ccc(F)cc2)CC1. The van der Waals surface area contributed by atoms with Crippen LogP contribution < -0.4 is 9.80 Å². The van der Waals surface area contributed by atoms with Crippen molar-refractivity contribution in [2.75, 3.05) is 54.8 Å². The van der Waals surface area contributed by atoms with E-state index in [-0.39, 0.29) is 11.7 Å². The van der Waals surface area contributed by atoms with Gasteiger partial charge in [0, 0.05) is 43.3 Å². The van der Waals surface area contributed by atoms with Gasteiger partial charge in [0.05, 0.1) is 12.2 Å². The van der Waals surface area contributed by atoms with E-state index >= 15 is 0 Å². The fourth-order valence-electron chi connectivity index (χ4n) is 3.69. The number of anilines is 2. The van der Waals surface area contributed by atoms with Crippen LogP contribution in [0.2, 0.25) is 0 Å². The van der Waals surface area contributed by atoms with Gasteiger partial charge in [0.2, 0.25) is 5.91 Å². The smallest absolute Gasteiger partial charge is 0.242 e. The van der Waals surface area contributed by atoms with Crippen LogP contribution in [0.1, 0.15) is 6.42 Å². The minimum Gasteiger partial charge on any atom is -0.368 e. The van der Waals surface area contributed by atoms with E-state index in [2.05, 4.69) is 28.0 Å². The lowest BCUT2D eigenvalue weighted by molar-refractivity contribution is -0.130. The summed E-state index contributed by atoms with van der Waals surface area (Å²) < 4.78 is 13.1. The zero-order valence-corrected chi connectivity index (χ0v) is 16.1. The Labute approximate surface area is 163 Å². The lowest BCUT2D eigenvalue weighted by Crippen LogP contribution is -2.51. The van der Waals surface area contributed by atoms with E-state index < -0.39 is 0 Å². The molecule has 0 bridgehead atoms. The maximum absolute atomic E-state index is 13.1. The fraction of sp³-hybridized carbons (Fsp3) is 0.381. The zero-order chi connectivity index (χ0) is 18.6. The molecule has 1 amide bonds. The third kappa shape index (κ3) is 4.21. The van der Waals surface area contributed by atoms with Crippen LogP contribution in [0.3, 0.4) is 0 Å². The van der Waals surface area contributed by atoms with Crippen molar-refractivity contribution in [3.8, 4) is 0 Å². The number of hydrogen-bond acceptors (Lipinski definition) is 4. The molecule has 0 spiro atoms. The van der Waals surface area contributed by atoms with E-state index in [1.807, 2.05) is 22.7 Å². The summed E-state index contributed by atoms with van der Waals surface area (Å²) in [6.07, 6.45) is 1.09. The number of thioether (sulfide) groups is 1. The second-order valence-corrected chi connectivity index (χ2v) is 8.07. The molecule has 0 N–H and O–H groups in total. The van der Waals surface area contributed by atoms with Crippen molar-refractivity contribution in [3.63, 3.8) is 0 Å². The average molecular weight is 386 g/mol. The van der Waals surface area contributed by atoms with Gasteiger partial charge in [-0.15, -0.1) is 11.8 Å². The average Bonchev–Trinajstić information content (AvgIpc) is 2.91. The highest BCUT2D eigenvalue weighted by molar-refractivity contribution is 7.99. The third-order valence-corrected chi connectivity index (χ3v) is 6.34. The van der Waals surface area contributed by atoms with Gasteiger partial charge in [-0.05, 0) is 48.6 Å². The number of amides is 1. The Morgan fingerprint density at radius 3 is 2.48 bits per heavy atom. The summed E-state index contributed by atoms with van der Waals surface area (Å²) in [5.41, 5.74) is 2.19. The van der Waals surface area contributed by atoms with Gasteiger partial charge >= 0.3 is 0 Å². The molecule has 2 aromatic carbocycles. The highest BCUT2D eigenvalue weighted by Gasteiger charge is 2.24. The molecule has 0 saturated carbocycles. The molecule has 4 nitrogen and oxygen atoms in total. The van der Waals surface area contributed by atoms with Crippen LogP contribution in [0.15, 0.2) is 53.4 Å². The maximum Gasteiger partial charge on any atom is 0.242 e. The molecule has 2 aliphatic heterocycles. The standard InChI is InChI=1S/C21H24FN3OS/c22-17-6-8-18(9-7-17)23-11-13-24(14-12-23)21(26)16-25-10-3-15-27-20-5-2-1-4-19(20)25/h1-2,4-9H,3,10-16H2. The van der Waals surface area contributed by atoms with Gasteiger partial charge in [-0.3, -0.25) is 4.79 Å². The van der Waals surface area contributed by atoms with Crippen LogP contribution in [0.5, 0.6) is 0 Å². The van der Waals surface area contributed by atoms with Crippen molar-refractivity contribution in [2.24, 2.45) is 0 Å². The van der Waals surface area contributed by atoms with E-state index in [9.17, 15) is 9.18 Å². The molecule has 1 fully saturated rings. The molecule has 4 rings (SSSR count). The van der Waals surface area contributed by atoms with E-state index in [1.54, 1.807) is 12.1 Å². The summed E-state index contributed by atoms with van der Waals surface area (Å²) in [5, 5.41) is 0. The number of halogens is 1. The summed E-state index contributed by atoms with van der Waals surface area (Å²) in [5.74, 6) is 1.07. The van der Waals surface area contributed by atoms with Gasteiger partial charge < -0.3 is 14.7 Å². The number of piperazine rings is 1. The van der Waals surface area contributed by atoms with Crippen LogP contribution in [-0.4, -0.2) is 55.8 Å². The Morgan fingerprint density at radius 2 is 1.70 bits per heavy atom. The number of fused-ring (bicyclic) bond motifs is 1. The first-order chi connectivity index (χ1) is 13.2. The van der Waals surface area contributed by atoms with Gasteiger partial charge in [-0.1, -0.05) is 12.1 Å². The van der Waals surface area contributed by atoms with Crippen LogP contribution in [0, 0.1) is 5.82 Å². The second-order valence-electron chi connectivity index (χ2n) is 6.94. The Balaban J connectivity index is 1.36. The normalized spacial score (nSPS) is 17.4. The summed E-state index contributed by atoms with van der Waals surface area (Å²) in [7, 11) is 0. The molecule has 2 heterocycles. The topological polar surface area (TPSA) is 26.8 Å². The lowest BCUT2D eigenvalue weighted by atomic mass is 10.2. The lowest BCUT2D eigenvalue weighted by Gasteiger charge is -2.37. The Morgan fingerprint density at radius 1 is 0.963 bits per heavy atom. The Kier molecular flexibility index (Phi) is 5.53. The first-order valence-electron chi connectivity index (χ1n) is 9.46. The van der Waals surface area contributed by atoms with E-state index in [0.29, 0.717) is 19.6 Å². The summed E-state index contributed by atoms with van der Waals surface area (Å²) in [6, 6.07) is 15.0. The number of nitrogens with zero attached hydrogens (tertiary/aromatic N) is 3. The highest BCUT2D eigenvalue weighted by Crippen LogP contribution is 2.33. The van der Waals surface area contributed by atoms with Crippen molar-refractivity contribution in [3.05, 3.63) is 54.3 Å². The summed E-state index contributed by atoms with van der Waals surface area (Å²) >= 11 is 1.87. The van der Waals surface area contributed by atoms with Crippen LogP contribution >= 0.6 is 11.8 Å². The molecule has 1 saturated heterocycles. The molecular weight excluding hydrogens is 361 g/mol. The molecule has 2 aromatic rings. The first-order valence-corrected chi connectivity index (χ1v) is 10.4. The van der Waals surface area contributed by atoms with Gasteiger partial charge in [-0.2, -0.15) is 0 Å². The number of carbonyl (C=O) groups excluding carboxylic acids is 1. The van der Waals surface area contributed by atoms with Crippen molar-refractivity contribution in [1.82, 2.24) is 4.90 Å². The third-order valence-electron chi connectivity index (χ3n) is 5.19. The van der Waals surface area contributed by atoms with Gasteiger partial charge in [0.25, 0.3) is 0 Å². The number of carbonyl (C=O) groups is 1. The quantitative estimate of drug-likeness (QED) is 0.808. The number of para-hydroxylation sites is 1. The predicted molar refractivity (Wildman–Crippen MR) is 109 cm³/mol. The molecule has 2 aliphatic rings. The molecule has 0 radical (unpaired) electrons. The van der Waals surface area contributed by atoms with Gasteiger partial charge in [-0.25, -0.2) is 4.39 Å². The minimum absolute atomic E-state index is 0.190. The van der Waals surface area contributed by atoms with Crippen molar-refractivity contribution in [2.45, 2.75) is 11.3 Å². The molecule has 142 valence electrons. The first kappa shape index (κ1) is 18.2.